The average molecular weight is 665 g/mol. The van der Waals surface area contributed by atoms with Crippen molar-refractivity contribution in [1.82, 2.24) is 19.3 Å². The second-order valence-corrected chi connectivity index (χ2v) is 13.7. The molecular formula is C48H32N4. The van der Waals surface area contributed by atoms with Gasteiger partial charge in [-0.2, -0.15) is 0 Å². The van der Waals surface area contributed by atoms with Crippen LogP contribution in [0.5, 0.6) is 0 Å². The highest BCUT2D eigenvalue weighted by Crippen LogP contribution is 2.39. The number of dihydropyridines is 1. The molecular weight excluding hydrogens is 633 g/mol. The number of allylic oxidation sites excluding steroid dienone is 2. The third kappa shape index (κ3) is 4.38. The van der Waals surface area contributed by atoms with Gasteiger partial charge < -0.3 is 9.88 Å². The van der Waals surface area contributed by atoms with Crippen molar-refractivity contribution in [3.8, 4) is 5.69 Å². The van der Waals surface area contributed by atoms with Gasteiger partial charge in [0.25, 0.3) is 0 Å². The summed E-state index contributed by atoms with van der Waals surface area (Å²) in [6.45, 7) is 0. The summed E-state index contributed by atoms with van der Waals surface area (Å²) in [5.41, 5.74) is 13.6. The van der Waals surface area contributed by atoms with Crippen molar-refractivity contribution < 1.29 is 0 Å². The zero-order valence-electron chi connectivity index (χ0n) is 28.2. The van der Waals surface area contributed by atoms with Crippen LogP contribution in [-0.4, -0.2) is 14.0 Å². The molecule has 1 aliphatic rings. The van der Waals surface area contributed by atoms with Crippen LogP contribution in [0.3, 0.4) is 0 Å². The normalized spacial score (nSPS) is 14.7. The van der Waals surface area contributed by atoms with E-state index >= 15 is 0 Å². The minimum Gasteiger partial charge on any atom is -0.374 e. The number of benzene rings is 7. The number of pyridine rings is 1. The molecule has 0 amide bonds. The Kier molecular flexibility index (Phi) is 6.28. The quantitative estimate of drug-likeness (QED) is 0.190. The molecule has 0 bridgehead atoms. The maximum Gasteiger partial charge on any atom is 0.146 e. The summed E-state index contributed by atoms with van der Waals surface area (Å²) >= 11 is 0. The van der Waals surface area contributed by atoms with Crippen LogP contribution in [0.4, 0.5) is 0 Å². The standard InChI is InChI=1S/C48H32N4/c1-3-14-31(15-4-1)34-27-41(32-16-5-2-6-17-32)49-42(28-34)33-18-13-19-35(26-33)51-44-24-11-10-22-38(44)40-29-43-47(30-46(40)51)52-45-25-12-9-21-37(45)36-20-7-8-23-39(36)48(52)50-43/h1-30,41,49H. The van der Waals surface area contributed by atoms with Gasteiger partial charge in [0.05, 0.1) is 33.6 Å². The molecule has 244 valence electrons. The van der Waals surface area contributed by atoms with E-state index in [9.17, 15) is 0 Å². The molecule has 0 saturated heterocycles. The molecule has 0 aliphatic carbocycles. The third-order valence-electron chi connectivity index (χ3n) is 10.7. The lowest BCUT2D eigenvalue weighted by Crippen LogP contribution is -2.21. The molecule has 0 radical (unpaired) electrons. The molecule has 4 nitrogen and oxygen atoms in total. The number of nitrogens with zero attached hydrogens (tertiary/aromatic N) is 3. The van der Waals surface area contributed by atoms with Gasteiger partial charge in [-0.05, 0) is 76.2 Å². The Labute approximate surface area is 300 Å². The van der Waals surface area contributed by atoms with Crippen molar-refractivity contribution >= 4 is 71.4 Å². The largest absolute Gasteiger partial charge is 0.374 e. The minimum absolute atomic E-state index is 0.0441. The molecule has 0 fully saturated rings. The second-order valence-electron chi connectivity index (χ2n) is 13.7. The summed E-state index contributed by atoms with van der Waals surface area (Å²) in [4.78, 5) is 5.30. The van der Waals surface area contributed by atoms with Crippen LogP contribution >= 0.6 is 0 Å². The maximum absolute atomic E-state index is 5.30. The van der Waals surface area contributed by atoms with Crippen molar-refractivity contribution in [2.45, 2.75) is 6.04 Å². The van der Waals surface area contributed by atoms with Crippen LogP contribution < -0.4 is 5.32 Å². The van der Waals surface area contributed by atoms with E-state index in [1.807, 2.05) is 0 Å². The Hall–Kier alpha value is -6.91. The lowest BCUT2D eigenvalue weighted by molar-refractivity contribution is 0.766. The topological polar surface area (TPSA) is 34.3 Å². The zero-order valence-corrected chi connectivity index (χ0v) is 28.2. The van der Waals surface area contributed by atoms with E-state index in [1.54, 1.807) is 0 Å². The van der Waals surface area contributed by atoms with E-state index < -0.39 is 0 Å². The Balaban J connectivity index is 1.14. The number of nitrogens with one attached hydrogen (secondary N) is 1. The van der Waals surface area contributed by atoms with Crippen LogP contribution in [0.15, 0.2) is 182 Å². The predicted octanol–water partition coefficient (Wildman–Crippen LogP) is 11.7. The molecule has 4 heterocycles. The number of hydrogen-bond donors (Lipinski definition) is 1. The molecule has 0 spiro atoms. The highest BCUT2D eigenvalue weighted by molar-refractivity contribution is 6.17. The molecule has 1 unspecified atom stereocenters. The first-order valence-electron chi connectivity index (χ1n) is 17.8. The van der Waals surface area contributed by atoms with E-state index in [0.29, 0.717) is 0 Å². The fourth-order valence-electron chi connectivity index (χ4n) is 8.31. The maximum atomic E-state index is 5.30. The molecule has 3 aromatic heterocycles. The number of hydrogen-bond acceptors (Lipinski definition) is 2. The van der Waals surface area contributed by atoms with Gasteiger partial charge >= 0.3 is 0 Å². The molecule has 1 N–H and O–H groups in total. The highest BCUT2D eigenvalue weighted by atomic mass is 15.0. The molecule has 7 aromatic carbocycles. The predicted molar refractivity (Wildman–Crippen MR) is 217 cm³/mol. The van der Waals surface area contributed by atoms with E-state index in [0.717, 1.165) is 50.0 Å². The van der Waals surface area contributed by atoms with Crippen LogP contribution in [0.1, 0.15) is 22.7 Å². The Morgan fingerprint density at radius 3 is 1.94 bits per heavy atom. The zero-order chi connectivity index (χ0) is 34.2. The first-order valence-corrected chi connectivity index (χ1v) is 17.8. The summed E-state index contributed by atoms with van der Waals surface area (Å²) in [7, 11) is 0. The molecule has 1 aliphatic heterocycles. The lowest BCUT2D eigenvalue weighted by atomic mass is 9.93. The van der Waals surface area contributed by atoms with Gasteiger partial charge in [0.2, 0.25) is 0 Å². The SMILES string of the molecule is C1=C(c2ccccc2)C=C(c2cccc(-n3c4ccccc4c4cc5nc6c7ccccc7c7ccccc7n6c5cc43)c2)NC1c1ccccc1. The first kappa shape index (κ1) is 28.9. The summed E-state index contributed by atoms with van der Waals surface area (Å²) < 4.78 is 4.77. The van der Waals surface area contributed by atoms with Crippen molar-refractivity contribution in [2.75, 3.05) is 0 Å². The molecule has 11 rings (SSSR count). The van der Waals surface area contributed by atoms with Gasteiger partial charge in [-0.25, -0.2) is 4.98 Å². The monoisotopic (exact) mass is 664 g/mol. The summed E-state index contributed by atoms with van der Waals surface area (Å²) in [6, 6.07) is 61.0. The van der Waals surface area contributed by atoms with Crippen LogP contribution in [-0.2, 0) is 0 Å². The molecule has 0 saturated carbocycles. The third-order valence-corrected chi connectivity index (χ3v) is 10.7. The smallest absolute Gasteiger partial charge is 0.146 e. The fraction of sp³-hybridized carbons (Fsp3) is 0.0208. The molecule has 4 heteroatoms. The Morgan fingerprint density at radius 2 is 1.13 bits per heavy atom. The van der Waals surface area contributed by atoms with Crippen molar-refractivity contribution in [1.29, 1.82) is 0 Å². The number of aromatic nitrogens is 3. The highest BCUT2D eigenvalue weighted by Gasteiger charge is 2.21. The summed E-state index contributed by atoms with van der Waals surface area (Å²) in [5, 5.41) is 9.89. The Morgan fingerprint density at radius 1 is 0.481 bits per heavy atom. The average Bonchev–Trinajstić information content (AvgIpc) is 3.76. The van der Waals surface area contributed by atoms with Crippen LogP contribution in [0.25, 0.3) is 77.1 Å². The number of para-hydroxylation sites is 2. The first-order chi connectivity index (χ1) is 25.8. The van der Waals surface area contributed by atoms with Crippen molar-refractivity contribution in [3.63, 3.8) is 0 Å². The van der Waals surface area contributed by atoms with E-state index in [4.69, 9.17) is 4.98 Å². The minimum atomic E-state index is 0.0441. The number of fused-ring (bicyclic) bond motifs is 11. The van der Waals surface area contributed by atoms with Crippen LogP contribution in [0, 0.1) is 0 Å². The molecule has 1 atom stereocenters. The van der Waals surface area contributed by atoms with Crippen molar-refractivity contribution in [2.24, 2.45) is 0 Å². The van der Waals surface area contributed by atoms with Gasteiger partial charge in [0.1, 0.15) is 5.65 Å². The van der Waals surface area contributed by atoms with Crippen LogP contribution in [0.2, 0.25) is 0 Å². The lowest BCUT2D eigenvalue weighted by Gasteiger charge is -2.26. The summed E-state index contributed by atoms with van der Waals surface area (Å²) in [5.74, 6) is 0. The van der Waals surface area contributed by atoms with Gasteiger partial charge in [-0.1, -0.05) is 133 Å². The Bertz CT molecular complexity index is 3090. The molecule has 52 heavy (non-hydrogen) atoms. The second kappa shape index (κ2) is 11.3. The van der Waals surface area contributed by atoms with Crippen molar-refractivity contribution in [3.05, 3.63) is 199 Å². The van der Waals surface area contributed by atoms with E-state index in [2.05, 4.69) is 196 Å². The molecule has 10 aromatic rings. The summed E-state index contributed by atoms with van der Waals surface area (Å²) in [6.07, 6.45) is 4.62. The van der Waals surface area contributed by atoms with Gasteiger partial charge in [0.15, 0.2) is 0 Å². The van der Waals surface area contributed by atoms with E-state index in [-0.39, 0.29) is 6.04 Å². The van der Waals surface area contributed by atoms with Gasteiger partial charge in [-0.3, -0.25) is 4.40 Å². The number of rotatable bonds is 4. The van der Waals surface area contributed by atoms with E-state index in [1.165, 1.54) is 43.8 Å². The fourth-order valence-corrected chi connectivity index (χ4v) is 8.31. The van der Waals surface area contributed by atoms with Gasteiger partial charge in [0, 0.05) is 32.9 Å². The van der Waals surface area contributed by atoms with Gasteiger partial charge in [-0.15, -0.1) is 0 Å². The number of imidazole rings is 1.